The van der Waals surface area contributed by atoms with Gasteiger partial charge in [-0.3, -0.25) is 9.36 Å². The molecule has 4 rings (SSSR count). The second-order valence-electron chi connectivity index (χ2n) is 4.42. The molecular formula is C15H8ClNO. The quantitative estimate of drug-likeness (QED) is 0.465. The number of carbonyl (C=O) groups is 1. The van der Waals surface area contributed by atoms with E-state index in [9.17, 15) is 4.79 Å². The molecule has 18 heavy (non-hydrogen) atoms. The lowest BCUT2D eigenvalue weighted by Gasteiger charge is -1.99. The summed E-state index contributed by atoms with van der Waals surface area (Å²) in [5.41, 5.74) is 3.58. The van der Waals surface area contributed by atoms with E-state index < -0.39 is 0 Å². The molecule has 0 amide bonds. The highest BCUT2D eigenvalue weighted by atomic mass is 35.5. The van der Waals surface area contributed by atoms with Crippen LogP contribution in [0.2, 0.25) is 5.02 Å². The van der Waals surface area contributed by atoms with E-state index in [-0.39, 0.29) is 5.91 Å². The molecule has 2 aromatic carbocycles. The number of hydrogen-bond acceptors (Lipinski definition) is 1. The molecule has 1 aliphatic heterocycles. The molecule has 0 saturated carbocycles. The molecule has 0 N–H and O–H groups in total. The van der Waals surface area contributed by atoms with Gasteiger partial charge >= 0.3 is 0 Å². The Morgan fingerprint density at radius 2 is 1.72 bits per heavy atom. The summed E-state index contributed by atoms with van der Waals surface area (Å²) in [5, 5.41) is 1.68. The van der Waals surface area contributed by atoms with Crippen LogP contribution in [0.4, 0.5) is 0 Å². The Balaban J connectivity index is 2.16. The van der Waals surface area contributed by atoms with Crippen LogP contribution in [-0.4, -0.2) is 10.5 Å². The fourth-order valence-corrected chi connectivity index (χ4v) is 2.77. The first-order valence-electron chi connectivity index (χ1n) is 5.71. The summed E-state index contributed by atoms with van der Waals surface area (Å²) in [6.45, 7) is 0. The lowest BCUT2D eigenvalue weighted by molar-refractivity contribution is 0.0973. The fourth-order valence-electron chi connectivity index (χ4n) is 2.60. The SMILES string of the molecule is O=C1c2ccccc2-c2cc3ccc(Cl)cc3n21. The van der Waals surface area contributed by atoms with Crippen LogP contribution in [0, 0.1) is 0 Å². The fraction of sp³-hybridized carbons (Fsp3) is 0. The summed E-state index contributed by atoms with van der Waals surface area (Å²) < 4.78 is 1.74. The lowest BCUT2D eigenvalue weighted by Crippen LogP contribution is -2.05. The highest BCUT2D eigenvalue weighted by molar-refractivity contribution is 6.31. The Hall–Kier alpha value is -2.06. The van der Waals surface area contributed by atoms with Gasteiger partial charge in [0.1, 0.15) is 0 Å². The van der Waals surface area contributed by atoms with Crippen LogP contribution in [0.3, 0.4) is 0 Å². The molecule has 0 aliphatic carbocycles. The maximum Gasteiger partial charge on any atom is 0.263 e. The largest absolute Gasteiger partial charge is 0.276 e. The van der Waals surface area contributed by atoms with Crippen molar-refractivity contribution in [2.24, 2.45) is 0 Å². The third-order valence-corrected chi connectivity index (χ3v) is 3.64. The maximum absolute atomic E-state index is 12.4. The monoisotopic (exact) mass is 253 g/mol. The van der Waals surface area contributed by atoms with Crippen molar-refractivity contribution in [2.75, 3.05) is 0 Å². The van der Waals surface area contributed by atoms with Gasteiger partial charge in [0.25, 0.3) is 5.91 Å². The van der Waals surface area contributed by atoms with Gasteiger partial charge in [-0.05, 0) is 24.3 Å². The Kier molecular flexibility index (Phi) is 1.78. The van der Waals surface area contributed by atoms with E-state index >= 15 is 0 Å². The molecule has 0 atom stereocenters. The smallest absolute Gasteiger partial charge is 0.263 e. The number of fused-ring (bicyclic) bond motifs is 5. The van der Waals surface area contributed by atoms with Gasteiger partial charge < -0.3 is 0 Å². The van der Waals surface area contributed by atoms with Gasteiger partial charge in [0, 0.05) is 21.5 Å². The summed E-state index contributed by atoms with van der Waals surface area (Å²) in [6.07, 6.45) is 0. The van der Waals surface area contributed by atoms with E-state index in [4.69, 9.17) is 11.6 Å². The number of benzene rings is 2. The van der Waals surface area contributed by atoms with Crippen molar-refractivity contribution in [2.45, 2.75) is 0 Å². The standard InChI is InChI=1S/C15H8ClNO/c16-10-6-5-9-7-14-11-3-1-2-4-12(11)15(18)17(14)13(9)8-10/h1-8H. The topological polar surface area (TPSA) is 22.0 Å². The number of rotatable bonds is 0. The van der Waals surface area contributed by atoms with Crippen LogP contribution in [0.1, 0.15) is 10.4 Å². The molecule has 0 spiro atoms. The average molecular weight is 254 g/mol. The van der Waals surface area contributed by atoms with Crippen LogP contribution in [0.15, 0.2) is 48.5 Å². The van der Waals surface area contributed by atoms with Gasteiger partial charge in [-0.25, -0.2) is 0 Å². The zero-order valence-corrected chi connectivity index (χ0v) is 10.1. The third kappa shape index (κ3) is 1.11. The van der Waals surface area contributed by atoms with E-state index in [2.05, 4.69) is 0 Å². The molecule has 2 heterocycles. The molecule has 0 radical (unpaired) electrons. The third-order valence-electron chi connectivity index (χ3n) is 3.40. The maximum atomic E-state index is 12.4. The van der Waals surface area contributed by atoms with Crippen molar-refractivity contribution < 1.29 is 4.79 Å². The van der Waals surface area contributed by atoms with Crippen LogP contribution in [0.5, 0.6) is 0 Å². The van der Waals surface area contributed by atoms with Crippen molar-refractivity contribution in [3.8, 4) is 11.3 Å². The summed E-state index contributed by atoms with van der Waals surface area (Å²) in [7, 11) is 0. The highest BCUT2D eigenvalue weighted by Gasteiger charge is 2.27. The van der Waals surface area contributed by atoms with Crippen molar-refractivity contribution in [3.05, 3.63) is 59.1 Å². The predicted molar refractivity (Wildman–Crippen MR) is 72.1 cm³/mol. The average Bonchev–Trinajstić information content (AvgIpc) is 2.87. The first-order chi connectivity index (χ1) is 8.75. The Morgan fingerprint density at radius 1 is 0.944 bits per heavy atom. The van der Waals surface area contributed by atoms with Gasteiger partial charge in [-0.1, -0.05) is 35.9 Å². The summed E-state index contributed by atoms with van der Waals surface area (Å²) in [5.74, 6) is 0.0258. The van der Waals surface area contributed by atoms with Gasteiger partial charge in [0.2, 0.25) is 0 Å². The number of hydrogen-bond donors (Lipinski definition) is 0. The second-order valence-corrected chi connectivity index (χ2v) is 4.86. The molecular weight excluding hydrogens is 246 g/mol. The second kappa shape index (κ2) is 3.24. The summed E-state index contributed by atoms with van der Waals surface area (Å²) in [6, 6.07) is 15.3. The normalized spacial score (nSPS) is 12.8. The number of halogens is 1. The van der Waals surface area contributed by atoms with Crippen molar-refractivity contribution in [1.29, 1.82) is 0 Å². The zero-order chi connectivity index (χ0) is 12.3. The molecule has 0 unspecified atom stereocenters. The van der Waals surface area contributed by atoms with E-state index in [0.717, 1.165) is 27.7 Å². The minimum absolute atomic E-state index is 0.0258. The van der Waals surface area contributed by atoms with Crippen molar-refractivity contribution in [1.82, 2.24) is 4.57 Å². The van der Waals surface area contributed by atoms with Crippen LogP contribution in [0.25, 0.3) is 22.2 Å². The minimum Gasteiger partial charge on any atom is -0.276 e. The Bertz CT molecular complexity index is 816. The zero-order valence-electron chi connectivity index (χ0n) is 9.35. The molecule has 3 heteroatoms. The molecule has 2 nitrogen and oxygen atoms in total. The van der Waals surface area contributed by atoms with Crippen LogP contribution < -0.4 is 0 Å². The summed E-state index contributed by atoms with van der Waals surface area (Å²) in [4.78, 5) is 12.4. The molecule has 0 fully saturated rings. The van der Waals surface area contributed by atoms with E-state index in [1.165, 1.54) is 0 Å². The Labute approximate surface area is 108 Å². The molecule has 0 bridgehead atoms. The van der Waals surface area contributed by atoms with E-state index in [1.54, 1.807) is 4.57 Å². The predicted octanol–water partition coefficient (Wildman–Crippen LogP) is 3.96. The minimum atomic E-state index is 0.0258. The number of nitrogens with zero attached hydrogens (tertiary/aromatic N) is 1. The Morgan fingerprint density at radius 3 is 2.56 bits per heavy atom. The van der Waals surface area contributed by atoms with Gasteiger partial charge in [0.05, 0.1) is 11.2 Å². The molecule has 86 valence electrons. The van der Waals surface area contributed by atoms with E-state index in [1.807, 2.05) is 48.5 Å². The van der Waals surface area contributed by atoms with Crippen LogP contribution in [-0.2, 0) is 0 Å². The summed E-state index contributed by atoms with van der Waals surface area (Å²) >= 11 is 6.01. The van der Waals surface area contributed by atoms with Crippen LogP contribution >= 0.6 is 11.6 Å². The molecule has 1 aliphatic rings. The van der Waals surface area contributed by atoms with Crippen molar-refractivity contribution in [3.63, 3.8) is 0 Å². The van der Waals surface area contributed by atoms with Crippen molar-refractivity contribution >= 4 is 28.4 Å². The number of carbonyl (C=O) groups excluding carboxylic acids is 1. The number of aromatic nitrogens is 1. The van der Waals surface area contributed by atoms with E-state index in [0.29, 0.717) is 5.02 Å². The first-order valence-corrected chi connectivity index (χ1v) is 6.08. The molecule has 0 saturated heterocycles. The molecule has 3 aromatic rings. The van der Waals surface area contributed by atoms with Gasteiger partial charge in [0.15, 0.2) is 0 Å². The highest BCUT2D eigenvalue weighted by Crippen LogP contribution is 2.37. The first kappa shape index (κ1) is 9.92. The van der Waals surface area contributed by atoms with Gasteiger partial charge in [-0.15, -0.1) is 0 Å². The molecule has 1 aromatic heterocycles. The van der Waals surface area contributed by atoms with Gasteiger partial charge in [-0.2, -0.15) is 0 Å². The lowest BCUT2D eigenvalue weighted by atomic mass is 10.1.